The smallest absolute Gasteiger partial charge is 0.248 e. The summed E-state index contributed by atoms with van der Waals surface area (Å²) in [6.07, 6.45) is 0.768. The van der Waals surface area contributed by atoms with Gasteiger partial charge >= 0.3 is 0 Å². The highest BCUT2D eigenvalue weighted by Crippen LogP contribution is 2.23. The highest BCUT2D eigenvalue weighted by atomic mass is 32.2. The summed E-state index contributed by atoms with van der Waals surface area (Å²) in [4.78, 5) is 12.4. The number of nitrogens with zero attached hydrogens (tertiary/aromatic N) is 2. The molecule has 0 aliphatic heterocycles. The number of hydrogen-bond donors (Lipinski definition) is 1. The number of benzene rings is 1. The number of aromatic nitrogens is 1. The Morgan fingerprint density at radius 1 is 1.28 bits per heavy atom. The lowest BCUT2D eigenvalue weighted by Crippen LogP contribution is -2.35. The maximum Gasteiger partial charge on any atom is 0.248 e. The van der Waals surface area contributed by atoms with E-state index < -0.39 is 15.9 Å². The molecular weight excluding hydrogens is 342 g/mol. The van der Waals surface area contributed by atoms with Crippen molar-refractivity contribution < 1.29 is 17.7 Å². The van der Waals surface area contributed by atoms with Crippen LogP contribution in [0.2, 0.25) is 0 Å². The highest BCUT2D eigenvalue weighted by Gasteiger charge is 2.29. The number of hydrogen-bond acceptors (Lipinski definition) is 5. The van der Waals surface area contributed by atoms with Crippen LogP contribution >= 0.6 is 0 Å². The standard InChI is InChI=1S/C17H23N3O4S/c1-6-14-9-7-8-11(2)16(14)18-15(21)10-20(5)25(22,23)17-12(3)19-24-13(17)4/h7-9H,6,10H2,1-5H3,(H,18,21). The lowest BCUT2D eigenvalue weighted by molar-refractivity contribution is -0.116. The Bertz CT molecular complexity index is 868. The zero-order valence-corrected chi connectivity index (χ0v) is 15.9. The summed E-state index contributed by atoms with van der Waals surface area (Å²) in [5, 5.41) is 6.49. The third-order valence-electron chi connectivity index (χ3n) is 4.01. The van der Waals surface area contributed by atoms with Gasteiger partial charge in [0.05, 0.1) is 6.54 Å². The normalized spacial score (nSPS) is 11.8. The Kier molecular flexibility index (Phi) is 5.64. The van der Waals surface area contributed by atoms with Gasteiger partial charge in [0.15, 0.2) is 5.76 Å². The van der Waals surface area contributed by atoms with Crippen molar-refractivity contribution in [2.45, 2.75) is 39.0 Å². The largest absolute Gasteiger partial charge is 0.360 e. The average Bonchev–Trinajstić information content (AvgIpc) is 2.88. The molecule has 1 N–H and O–H groups in total. The SMILES string of the molecule is CCc1cccc(C)c1NC(=O)CN(C)S(=O)(=O)c1c(C)noc1C. The monoisotopic (exact) mass is 365 g/mol. The molecule has 2 rings (SSSR count). The fourth-order valence-electron chi connectivity index (χ4n) is 2.67. The molecule has 8 heteroatoms. The number of anilines is 1. The second-order valence-corrected chi connectivity index (χ2v) is 7.91. The van der Waals surface area contributed by atoms with Gasteiger partial charge in [-0.1, -0.05) is 30.3 Å². The Hall–Kier alpha value is -2.19. The van der Waals surface area contributed by atoms with E-state index in [4.69, 9.17) is 4.52 Å². The van der Waals surface area contributed by atoms with Gasteiger partial charge < -0.3 is 9.84 Å². The first-order chi connectivity index (χ1) is 11.7. The molecule has 0 atom stereocenters. The van der Waals surface area contributed by atoms with Gasteiger partial charge in [-0.3, -0.25) is 4.79 Å². The van der Waals surface area contributed by atoms with E-state index in [0.29, 0.717) is 0 Å². The third-order valence-corrected chi connectivity index (χ3v) is 6.06. The molecule has 0 fully saturated rings. The molecule has 0 bridgehead atoms. The number of amides is 1. The minimum Gasteiger partial charge on any atom is -0.360 e. The summed E-state index contributed by atoms with van der Waals surface area (Å²) < 4.78 is 31.2. The average molecular weight is 365 g/mol. The molecule has 0 saturated carbocycles. The molecule has 1 aromatic carbocycles. The second kappa shape index (κ2) is 7.37. The molecule has 0 aliphatic rings. The van der Waals surface area contributed by atoms with Gasteiger partial charge in [0.2, 0.25) is 15.9 Å². The second-order valence-electron chi connectivity index (χ2n) is 5.93. The van der Waals surface area contributed by atoms with E-state index in [1.165, 1.54) is 14.0 Å². The highest BCUT2D eigenvalue weighted by molar-refractivity contribution is 7.89. The molecule has 1 aromatic heterocycles. The van der Waals surface area contributed by atoms with Crippen LogP contribution in [0.4, 0.5) is 5.69 Å². The van der Waals surface area contributed by atoms with E-state index >= 15 is 0 Å². The van der Waals surface area contributed by atoms with E-state index in [-0.39, 0.29) is 22.9 Å². The van der Waals surface area contributed by atoms with Gasteiger partial charge in [-0.25, -0.2) is 8.42 Å². The Labute approximate surface area is 148 Å². The fourth-order valence-corrected chi connectivity index (χ4v) is 4.08. The van der Waals surface area contributed by atoms with Crippen molar-refractivity contribution in [3.63, 3.8) is 0 Å². The number of rotatable bonds is 6. The van der Waals surface area contributed by atoms with Crippen molar-refractivity contribution in [2.75, 3.05) is 18.9 Å². The summed E-state index contributed by atoms with van der Waals surface area (Å²) in [6, 6.07) is 5.77. The summed E-state index contributed by atoms with van der Waals surface area (Å²) in [6.45, 7) is 6.68. The minimum atomic E-state index is -3.85. The van der Waals surface area contributed by atoms with Crippen LogP contribution in [0.5, 0.6) is 0 Å². The van der Waals surface area contributed by atoms with Gasteiger partial charge in [-0.2, -0.15) is 4.31 Å². The number of aryl methyl sites for hydroxylation is 4. The van der Waals surface area contributed by atoms with Crippen LogP contribution in [0.3, 0.4) is 0 Å². The van der Waals surface area contributed by atoms with E-state index in [1.54, 1.807) is 6.92 Å². The van der Waals surface area contributed by atoms with Crippen LogP contribution in [-0.4, -0.2) is 37.4 Å². The lowest BCUT2D eigenvalue weighted by atomic mass is 10.1. The van der Waals surface area contributed by atoms with Crippen LogP contribution < -0.4 is 5.32 Å². The van der Waals surface area contributed by atoms with Gasteiger partial charge in [-0.15, -0.1) is 0 Å². The van der Waals surface area contributed by atoms with Crippen molar-refractivity contribution in [1.29, 1.82) is 0 Å². The maximum absolute atomic E-state index is 12.7. The van der Waals surface area contributed by atoms with Crippen molar-refractivity contribution in [3.8, 4) is 0 Å². The van der Waals surface area contributed by atoms with Crippen LogP contribution in [0.25, 0.3) is 0 Å². The quantitative estimate of drug-likeness (QED) is 0.849. The number of nitrogens with one attached hydrogen (secondary N) is 1. The Morgan fingerprint density at radius 3 is 2.52 bits per heavy atom. The first kappa shape index (κ1) is 19.1. The van der Waals surface area contributed by atoms with E-state index in [0.717, 1.165) is 27.5 Å². The first-order valence-corrected chi connectivity index (χ1v) is 9.40. The van der Waals surface area contributed by atoms with E-state index in [9.17, 15) is 13.2 Å². The molecule has 0 radical (unpaired) electrons. The van der Waals surface area contributed by atoms with Crippen LogP contribution in [0, 0.1) is 20.8 Å². The zero-order chi connectivity index (χ0) is 18.8. The molecule has 0 spiro atoms. The topological polar surface area (TPSA) is 92.5 Å². The van der Waals surface area contributed by atoms with Crippen LogP contribution in [0.1, 0.15) is 29.5 Å². The van der Waals surface area contributed by atoms with Gasteiger partial charge in [0, 0.05) is 12.7 Å². The van der Waals surface area contributed by atoms with Crippen molar-refractivity contribution in [1.82, 2.24) is 9.46 Å². The Balaban J connectivity index is 2.19. The molecular formula is C17H23N3O4S. The first-order valence-electron chi connectivity index (χ1n) is 7.96. The Morgan fingerprint density at radius 2 is 1.96 bits per heavy atom. The van der Waals surface area contributed by atoms with Crippen LogP contribution in [-0.2, 0) is 21.2 Å². The molecule has 0 unspecified atom stereocenters. The number of para-hydroxylation sites is 1. The summed E-state index contributed by atoms with van der Waals surface area (Å²) in [7, 11) is -2.49. The van der Waals surface area contributed by atoms with Gasteiger partial charge in [-0.05, 0) is 38.3 Å². The molecule has 25 heavy (non-hydrogen) atoms. The molecule has 7 nitrogen and oxygen atoms in total. The van der Waals surface area contributed by atoms with Gasteiger partial charge in [0.25, 0.3) is 0 Å². The zero-order valence-electron chi connectivity index (χ0n) is 15.1. The minimum absolute atomic E-state index is 0.00735. The van der Waals surface area contributed by atoms with E-state index in [1.807, 2.05) is 32.0 Å². The van der Waals surface area contributed by atoms with Crippen molar-refractivity contribution in [3.05, 3.63) is 40.8 Å². The molecule has 136 valence electrons. The number of carbonyl (C=O) groups excluding carboxylic acids is 1. The molecule has 0 saturated heterocycles. The summed E-state index contributed by atoms with van der Waals surface area (Å²) in [5.41, 5.74) is 2.95. The summed E-state index contributed by atoms with van der Waals surface area (Å²) >= 11 is 0. The van der Waals surface area contributed by atoms with Crippen molar-refractivity contribution in [2.24, 2.45) is 0 Å². The third kappa shape index (κ3) is 3.91. The molecule has 1 amide bonds. The molecule has 2 aromatic rings. The van der Waals surface area contributed by atoms with Crippen LogP contribution in [0.15, 0.2) is 27.6 Å². The van der Waals surface area contributed by atoms with Crippen molar-refractivity contribution >= 4 is 21.6 Å². The number of carbonyl (C=O) groups is 1. The predicted molar refractivity (Wildman–Crippen MR) is 95.0 cm³/mol. The van der Waals surface area contributed by atoms with Gasteiger partial charge in [0.1, 0.15) is 10.6 Å². The summed E-state index contributed by atoms with van der Waals surface area (Å²) in [5.74, 6) is -0.196. The predicted octanol–water partition coefficient (Wildman–Crippen LogP) is 2.42. The fraction of sp³-hybridized carbons (Fsp3) is 0.412. The number of sulfonamides is 1. The number of likely N-dealkylation sites (N-methyl/N-ethyl adjacent to an activating group) is 1. The maximum atomic E-state index is 12.7. The molecule has 0 aliphatic carbocycles. The van der Waals surface area contributed by atoms with E-state index in [2.05, 4.69) is 10.5 Å². The molecule has 1 heterocycles. The lowest BCUT2D eigenvalue weighted by Gasteiger charge is -2.18.